The predicted molar refractivity (Wildman–Crippen MR) is 91.4 cm³/mol. The molecule has 0 radical (unpaired) electrons. The Morgan fingerprint density at radius 1 is 1.30 bits per heavy atom. The van der Waals surface area contributed by atoms with E-state index in [1.807, 2.05) is 6.92 Å². The number of benzene rings is 1. The van der Waals surface area contributed by atoms with Crippen LogP contribution < -0.4 is 16.2 Å². The van der Waals surface area contributed by atoms with Crippen molar-refractivity contribution in [2.45, 2.75) is 19.9 Å². The fraction of sp³-hybridized carbons (Fsp3) is 0.267. The molecule has 0 saturated heterocycles. The van der Waals surface area contributed by atoms with Crippen LogP contribution in [0.3, 0.4) is 0 Å². The Balaban J connectivity index is 1.87. The number of aromatic nitrogens is 2. The molecule has 2 N–H and O–H groups in total. The maximum Gasteiger partial charge on any atom is 0.319 e. The molecule has 1 aromatic carbocycles. The molecule has 0 atom stereocenters. The minimum atomic E-state index is -0.430. The molecule has 0 saturated carbocycles. The molecule has 0 aliphatic rings. The van der Waals surface area contributed by atoms with Gasteiger partial charge in [-0.25, -0.2) is 9.78 Å². The van der Waals surface area contributed by atoms with E-state index in [1.54, 1.807) is 18.2 Å². The van der Waals surface area contributed by atoms with Crippen LogP contribution in [0.25, 0.3) is 0 Å². The molecule has 122 valence electrons. The van der Waals surface area contributed by atoms with E-state index in [9.17, 15) is 9.59 Å². The highest BCUT2D eigenvalue weighted by molar-refractivity contribution is 6.35. The normalized spacial score (nSPS) is 10.4. The highest BCUT2D eigenvalue weighted by atomic mass is 35.5. The average Bonchev–Trinajstić information content (AvgIpc) is 2.52. The topological polar surface area (TPSA) is 76.0 Å². The number of urea groups is 1. The molecule has 23 heavy (non-hydrogen) atoms. The first-order valence-corrected chi connectivity index (χ1v) is 7.80. The summed E-state index contributed by atoms with van der Waals surface area (Å²) < 4.78 is 1.44. The number of carbonyl (C=O) groups is 1. The van der Waals surface area contributed by atoms with Gasteiger partial charge in [0.1, 0.15) is 0 Å². The van der Waals surface area contributed by atoms with Gasteiger partial charge in [0.25, 0.3) is 5.56 Å². The summed E-state index contributed by atoms with van der Waals surface area (Å²) >= 11 is 11.8. The van der Waals surface area contributed by atoms with E-state index < -0.39 is 6.03 Å². The quantitative estimate of drug-likeness (QED) is 0.866. The number of carbonyl (C=O) groups excluding carboxylic acids is 1. The van der Waals surface area contributed by atoms with Crippen molar-refractivity contribution in [3.8, 4) is 0 Å². The fourth-order valence-corrected chi connectivity index (χ4v) is 2.21. The molecule has 8 heteroatoms. The number of nitrogens with one attached hydrogen (secondary N) is 2. The van der Waals surface area contributed by atoms with E-state index >= 15 is 0 Å². The van der Waals surface area contributed by atoms with Gasteiger partial charge >= 0.3 is 6.03 Å². The number of nitrogens with zero attached hydrogens (tertiary/aromatic N) is 2. The Bertz CT molecular complexity index is 761. The van der Waals surface area contributed by atoms with Crippen LogP contribution in [0.1, 0.15) is 12.6 Å². The lowest BCUT2D eigenvalue weighted by atomic mass is 10.3. The molecule has 2 amide bonds. The van der Waals surface area contributed by atoms with Crippen molar-refractivity contribution < 1.29 is 4.79 Å². The van der Waals surface area contributed by atoms with Gasteiger partial charge in [-0.1, -0.05) is 30.1 Å². The van der Waals surface area contributed by atoms with Crippen molar-refractivity contribution in [2.75, 3.05) is 11.9 Å². The smallest absolute Gasteiger partial charge is 0.319 e. The number of hydrogen-bond donors (Lipinski definition) is 2. The van der Waals surface area contributed by atoms with Crippen LogP contribution in [0, 0.1) is 0 Å². The highest BCUT2D eigenvalue weighted by Crippen LogP contribution is 2.25. The molecule has 1 heterocycles. The van der Waals surface area contributed by atoms with Gasteiger partial charge in [0, 0.05) is 29.9 Å². The summed E-state index contributed by atoms with van der Waals surface area (Å²) in [6, 6.07) is 5.85. The molecule has 0 unspecified atom stereocenters. The third-order valence-corrected chi connectivity index (χ3v) is 3.68. The van der Waals surface area contributed by atoms with Gasteiger partial charge in [-0.15, -0.1) is 0 Å². The van der Waals surface area contributed by atoms with Crippen LogP contribution in [0.5, 0.6) is 0 Å². The molecule has 1 aromatic heterocycles. The predicted octanol–water partition coefficient (Wildman–Crippen LogP) is 2.93. The Hall–Kier alpha value is -2.05. The lowest BCUT2D eigenvalue weighted by Gasteiger charge is -2.10. The number of aryl methyl sites for hydroxylation is 1. The SMILES string of the molecule is CCc1cc(=O)n(CCNC(=O)Nc2cc(Cl)ccc2Cl)cn1. The zero-order valence-electron chi connectivity index (χ0n) is 12.5. The summed E-state index contributed by atoms with van der Waals surface area (Å²) in [7, 11) is 0. The largest absolute Gasteiger partial charge is 0.336 e. The molecular formula is C15H16Cl2N4O2. The van der Waals surface area contributed by atoms with Crippen LogP contribution in [0.15, 0.2) is 35.4 Å². The van der Waals surface area contributed by atoms with Crippen molar-refractivity contribution in [3.63, 3.8) is 0 Å². The summed E-state index contributed by atoms with van der Waals surface area (Å²) in [5.74, 6) is 0. The van der Waals surface area contributed by atoms with Gasteiger partial charge in [0.2, 0.25) is 0 Å². The molecule has 0 aliphatic heterocycles. The van der Waals surface area contributed by atoms with E-state index in [1.165, 1.54) is 17.0 Å². The monoisotopic (exact) mass is 354 g/mol. The Morgan fingerprint density at radius 3 is 2.78 bits per heavy atom. The van der Waals surface area contributed by atoms with E-state index in [2.05, 4.69) is 15.6 Å². The lowest BCUT2D eigenvalue weighted by Crippen LogP contribution is -2.33. The molecule has 0 fully saturated rings. The molecular weight excluding hydrogens is 339 g/mol. The van der Waals surface area contributed by atoms with Crippen LogP contribution in [0.4, 0.5) is 10.5 Å². The average molecular weight is 355 g/mol. The second kappa shape index (κ2) is 7.99. The maximum absolute atomic E-state index is 11.8. The first kappa shape index (κ1) is 17.3. The summed E-state index contributed by atoms with van der Waals surface area (Å²) in [5, 5.41) is 6.10. The maximum atomic E-state index is 11.8. The number of halogens is 2. The minimum absolute atomic E-state index is 0.142. The number of amides is 2. The summed E-state index contributed by atoms with van der Waals surface area (Å²) in [5.41, 5.74) is 1.02. The Morgan fingerprint density at radius 2 is 2.09 bits per heavy atom. The molecule has 0 spiro atoms. The van der Waals surface area contributed by atoms with Crippen molar-refractivity contribution >= 4 is 34.9 Å². The molecule has 2 aromatic rings. The molecule has 0 bridgehead atoms. The van der Waals surface area contributed by atoms with Gasteiger partial charge in [-0.2, -0.15) is 0 Å². The Kier molecular flexibility index (Phi) is 6.01. The minimum Gasteiger partial charge on any atom is -0.336 e. The van der Waals surface area contributed by atoms with Crippen LogP contribution in [-0.4, -0.2) is 22.1 Å². The van der Waals surface area contributed by atoms with Crippen molar-refractivity contribution in [2.24, 2.45) is 0 Å². The number of anilines is 1. The third kappa shape index (κ3) is 4.97. The molecule has 0 aliphatic carbocycles. The zero-order chi connectivity index (χ0) is 16.8. The second-order valence-electron chi connectivity index (χ2n) is 4.77. The molecule has 6 nitrogen and oxygen atoms in total. The van der Waals surface area contributed by atoms with E-state index in [0.717, 1.165) is 5.69 Å². The van der Waals surface area contributed by atoms with Crippen LogP contribution >= 0.6 is 23.2 Å². The summed E-state index contributed by atoms with van der Waals surface area (Å²) in [4.78, 5) is 27.8. The number of hydrogen-bond acceptors (Lipinski definition) is 3. The van der Waals surface area contributed by atoms with Crippen LogP contribution in [0.2, 0.25) is 10.0 Å². The highest BCUT2D eigenvalue weighted by Gasteiger charge is 2.06. The van der Waals surface area contributed by atoms with E-state index in [-0.39, 0.29) is 12.1 Å². The van der Waals surface area contributed by atoms with Gasteiger partial charge in [-0.05, 0) is 24.6 Å². The van der Waals surface area contributed by atoms with Gasteiger partial charge in [0.05, 0.1) is 17.0 Å². The standard InChI is InChI=1S/C15H16Cl2N4O2/c1-2-11-8-14(22)21(9-19-11)6-5-18-15(23)20-13-7-10(16)3-4-12(13)17/h3-4,7-9H,2,5-6H2,1H3,(H2,18,20,23). The summed E-state index contributed by atoms with van der Waals surface area (Å²) in [6.45, 7) is 2.53. The van der Waals surface area contributed by atoms with Crippen molar-refractivity contribution in [1.82, 2.24) is 14.9 Å². The van der Waals surface area contributed by atoms with Gasteiger partial charge in [-0.3, -0.25) is 9.36 Å². The molecule has 2 rings (SSSR count). The van der Waals surface area contributed by atoms with Gasteiger partial charge in [0.15, 0.2) is 0 Å². The third-order valence-electron chi connectivity index (χ3n) is 3.11. The first-order chi connectivity index (χ1) is 11.0. The lowest BCUT2D eigenvalue weighted by molar-refractivity contribution is 0.251. The number of rotatable bonds is 5. The zero-order valence-corrected chi connectivity index (χ0v) is 14.0. The van der Waals surface area contributed by atoms with Gasteiger partial charge < -0.3 is 10.6 Å². The first-order valence-electron chi connectivity index (χ1n) is 7.05. The van der Waals surface area contributed by atoms with Crippen molar-refractivity contribution in [3.05, 3.63) is 56.7 Å². The van der Waals surface area contributed by atoms with Crippen molar-refractivity contribution in [1.29, 1.82) is 0 Å². The fourth-order valence-electron chi connectivity index (χ4n) is 1.87. The van der Waals surface area contributed by atoms with Crippen LogP contribution in [-0.2, 0) is 13.0 Å². The summed E-state index contributed by atoms with van der Waals surface area (Å²) in [6.07, 6.45) is 2.19. The Labute approximate surface area is 143 Å². The van der Waals surface area contributed by atoms with E-state index in [0.29, 0.717) is 28.7 Å². The van der Waals surface area contributed by atoms with E-state index in [4.69, 9.17) is 23.2 Å². The second-order valence-corrected chi connectivity index (χ2v) is 5.61.